The van der Waals surface area contributed by atoms with E-state index in [-0.39, 0.29) is 0 Å². The molecule has 7 nitrogen and oxygen atoms in total. The maximum atomic E-state index is 5.50. The third-order valence-corrected chi connectivity index (χ3v) is 6.61. The van der Waals surface area contributed by atoms with E-state index < -0.39 is 0 Å². The van der Waals surface area contributed by atoms with Crippen molar-refractivity contribution in [2.24, 2.45) is 0 Å². The van der Waals surface area contributed by atoms with Crippen LogP contribution < -0.4 is 25.0 Å². The van der Waals surface area contributed by atoms with Crippen molar-refractivity contribution in [1.82, 2.24) is 15.3 Å². The second kappa shape index (κ2) is 11.4. The minimum atomic E-state index is 0.412. The molecule has 1 aliphatic rings. The number of nitrogens with zero attached hydrogens (tertiary/aromatic N) is 3. The Kier molecular flexibility index (Phi) is 8.06. The van der Waals surface area contributed by atoms with E-state index in [2.05, 4.69) is 33.7 Å². The fraction of sp³-hybridized carbons (Fsp3) is 0.481. The number of benzene rings is 2. The highest BCUT2D eigenvalue weighted by Gasteiger charge is 2.22. The maximum Gasteiger partial charge on any atom is 0.225 e. The smallest absolute Gasteiger partial charge is 0.225 e. The number of anilines is 2. The van der Waals surface area contributed by atoms with E-state index in [0.29, 0.717) is 12.1 Å². The first kappa shape index (κ1) is 24.1. The summed E-state index contributed by atoms with van der Waals surface area (Å²) in [7, 11) is 7.48. The molecule has 2 N–H and O–H groups in total. The Morgan fingerprint density at radius 2 is 1.71 bits per heavy atom. The Morgan fingerprint density at radius 1 is 0.941 bits per heavy atom. The van der Waals surface area contributed by atoms with Crippen LogP contribution in [0.25, 0.3) is 10.9 Å². The van der Waals surface area contributed by atoms with Crippen LogP contribution in [0, 0.1) is 0 Å². The van der Waals surface area contributed by atoms with Gasteiger partial charge in [-0.25, -0.2) is 4.98 Å². The van der Waals surface area contributed by atoms with Gasteiger partial charge in [0.05, 0.1) is 19.7 Å². The average Bonchev–Trinajstić information content (AvgIpc) is 2.86. The Balaban J connectivity index is 1.24. The summed E-state index contributed by atoms with van der Waals surface area (Å²) in [5, 5.41) is 8.43. The van der Waals surface area contributed by atoms with Gasteiger partial charge in [0.1, 0.15) is 17.3 Å². The third-order valence-electron chi connectivity index (χ3n) is 6.61. The highest BCUT2D eigenvalue weighted by atomic mass is 16.5. The van der Waals surface area contributed by atoms with E-state index in [1.165, 1.54) is 5.56 Å². The topological polar surface area (TPSA) is 71.5 Å². The summed E-state index contributed by atoms with van der Waals surface area (Å²) in [6, 6.07) is 15.2. The van der Waals surface area contributed by atoms with Crippen molar-refractivity contribution in [3.63, 3.8) is 0 Å². The number of rotatable bonds is 10. The van der Waals surface area contributed by atoms with Gasteiger partial charge in [0.25, 0.3) is 0 Å². The van der Waals surface area contributed by atoms with Crippen LogP contribution in [0.15, 0.2) is 42.5 Å². The van der Waals surface area contributed by atoms with E-state index in [1.54, 1.807) is 14.2 Å². The molecular weight excluding hydrogens is 426 g/mol. The zero-order valence-electron chi connectivity index (χ0n) is 20.8. The average molecular weight is 464 g/mol. The van der Waals surface area contributed by atoms with Crippen molar-refractivity contribution in [3.8, 4) is 11.5 Å². The van der Waals surface area contributed by atoms with Gasteiger partial charge in [-0.2, -0.15) is 4.98 Å². The second-order valence-corrected chi connectivity index (χ2v) is 9.21. The van der Waals surface area contributed by atoms with E-state index in [4.69, 9.17) is 19.4 Å². The molecule has 1 heterocycles. The van der Waals surface area contributed by atoms with Crippen LogP contribution in [0.2, 0.25) is 0 Å². The number of aromatic nitrogens is 2. The quantitative estimate of drug-likeness (QED) is 0.424. The molecule has 1 fully saturated rings. The molecule has 1 saturated carbocycles. The summed E-state index contributed by atoms with van der Waals surface area (Å²) in [5.41, 5.74) is 2.18. The normalized spacial score (nSPS) is 18.0. The molecule has 4 rings (SSSR count). The number of nitrogens with one attached hydrogen (secondary N) is 2. The number of hydrogen-bond acceptors (Lipinski definition) is 7. The molecule has 0 radical (unpaired) electrons. The fourth-order valence-electron chi connectivity index (χ4n) is 4.75. The van der Waals surface area contributed by atoms with Crippen molar-refractivity contribution >= 4 is 22.7 Å². The summed E-state index contributed by atoms with van der Waals surface area (Å²) >= 11 is 0. The van der Waals surface area contributed by atoms with Crippen LogP contribution in [0.5, 0.6) is 11.5 Å². The van der Waals surface area contributed by atoms with Crippen molar-refractivity contribution in [1.29, 1.82) is 0 Å². The van der Waals surface area contributed by atoms with Gasteiger partial charge < -0.3 is 25.0 Å². The number of ether oxygens (including phenoxy) is 2. The molecule has 0 amide bonds. The second-order valence-electron chi connectivity index (χ2n) is 9.21. The number of aryl methyl sites for hydroxylation is 1. The van der Waals surface area contributed by atoms with Gasteiger partial charge in [-0.05, 0) is 81.0 Å². The molecule has 0 spiro atoms. The lowest BCUT2D eigenvalue weighted by molar-refractivity contribution is 0.352. The first-order valence-corrected chi connectivity index (χ1v) is 12.2. The number of hydrogen-bond donors (Lipinski definition) is 2. The van der Waals surface area contributed by atoms with Gasteiger partial charge in [0.2, 0.25) is 5.95 Å². The molecule has 2 aromatic carbocycles. The van der Waals surface area contributed by atoms with Crippen molar-refractivity contribution in [2.45, 2.75) is 50.6 Å². The molecule has 3 aromatic rings. The van der Waals surface area contributed by atoms with Gasteiger partial charge in [-0.15, -0.1) is 0 Å². The molecule has 0 aliphatic heterocycles. The SMILES string of the molecule is COc1ccc(OC)c(CCCN[C@H]2CC[C@@H](Nc3nc(N(C)C)c4ccccc4n3)CC2)c1. The highest BCUT2D eigenvalue weighted by molar-refractivity contribution is 5.90. The van der Waals surface area contributed by atoms with Crippen LogP contribution in [-0.4, -0.2) is 56.9 Å². The van der Waals surface area contributed by atoms with Gasteiger partial charge >= 0.3 is 0 Å². The molecule has 0 unspecified atom stereocenters. The lowest BCUT2D eigenvalue weighted by Gasteiger charge is -2.30. The Bertz CT molecular complexity index is 1080. The van der Waals surface area contributed by atoms with E-state index in [1.807, 2.05) is 38.4 Å². The number of fused-ring (bicyclic) bond motifs is 1. The summed E-state index contributed by atoms with van der Waals surface area (Å²) < 4.78 is 10.9. The van der Waals surface area contributed by atoms with Crippen molar-refractivity contribution in [2.75, 3.05) is 45.1 Å². The summed E-state index contributed by atoms with van der Waals surface area (Å²) in [4.78, 5) is 11.6. The monoisotopic (exact) mass is 463 g/mol. The lowest BCUT2D eigenvalue weighted by Crippen LogP contribution is -2.37. The standard InChI is InChI=1S/C27H37N5O2/c1-32(2)26-23-9-5-6-10-24(23)30-27(31-26)29-21-13-11-20(12-14-21)28-17-7-8-19-18-22(33-3)15-16-25(19)34-4/h5-6,9-10,15-16,18,20-21,28H,7-8,11-14,17H2,1-4H3,(H,29,30,31)/t20-,21+. The summed E-state index contributed by atoms with van der Waals surface area (Å²) in [5.74, 6) is 3.49. The summed E-state index contributed by atoms with van der Waals surface area (Å²) in [6.45, 7) is 1.00. The van der Waals surface area contributed by atoms with Crippen LogP contribution in [0.3, 0.4) is 0 Å². The third kappa shape index (κ3) is 5.89. The largest absolute Gasteiger partial charge is 0.497 e. The van der Waals surface area contributed by atoms with Crippen LogP contribution in [0.1, 0.15) is 37.7 Å². The maximum absolute atomic E-state index is 5.50. The zero-order valence-corrected chi connectivity index (χ0v) is 20.8. The molecule has 182 valence electrons. The zero-order chi connectivity index (χ0) is 23.9. The van der Waals surface area contributed by atoms with Crippen LogP contribution in [-0.2, 0) is 6.42 Å². The Morgan fingerprint density at radius 3 is 2.44 bits per heavy atom. The van der Waals surface area contributed by atoms with Gasteiger partial charge in [-0.1, -0.05) is 12.1 Å². The molecule has 0 saturated heterocycles. The lowest BCUT2D eigenvalue weighted by atomic mass is 9.91. The molecule has 34 heavy (non-hydrogen) atoms. The molecule has 1 aliphatic carbocycles. The van der Waals surface area contributed by atoms with Crippen LogP contribution >= 0.6 is 0 Å². The minimum absolute atomic E-state index is 0.412. The fourth-order valence-corrected chi connectivity index (χ4v) is 4.75. The predicted octanol–water partition coefficient (Wildman–Crippen LogP) is 4.66. The van der Waals surface area contributed by atoms with Gasteiger partial charge in [0.15, 0.2) is 0 Å². The molecule has 0 bridgehead atoms. The molecule has 7 heteroatoms. The van der Waals surface area contributed by atoms with E-state index in [9.17, 15) is 0 Å². The van der Waals surface area contributed by atoms with Crippen molar-refractivity contribution < 1.29 is 9.47 Å². The van der Waals surface area contributed by atoms with Gasteiger partial charge in [0, 0.05) is 31.6 Å². The minimum Gasteiger partial charge on any atom is -0.497 e. The first-order valence-electron chi connectivity index (χ1n) is 12.2. The number of para-hydroxylation sites is 1. The highest BCUT2D eigenvalue weighted by Crippen LogP contribution is 2.27. The van der Waals surface area contributed by atoms with Crippen LogP contribution in [0.4, 0.5) is 11.8 Å². The Hall–Kier alpha value is -3.06. The van der Waals surface area contributed by atoms with E-state index in [0.717, 1.165) is 79.2 Å². The molecule has 0 atom stereocenters. The molecule has 1 aromatic heterocycles. The summed E-state index contributed by atoms with van der Waals surface area (Å²) in [6.07, 6.45) is 6.60. The van der Waals surface area contributed by atoms with Crippen molar-refractivity contribution in [3.05, 3.63) is 48.0 Å². The Labute approximate surface area is 202 Å². The molecular formula is C27H37N5O2. The van der Waals surface area contributed by atoms with E-state index >= 15 is 0 Å². The first-order chi connectivity index (χ1) is 16.6. The number of methoxy groups -OCH3 is 2. The van der Waals surface area contributed by atoms with Gasteiger partial charge in [-0.3, -0.25) is 0 Å². The predicted molar refractivity (Wildman–Crippen MR) is 139 cm³/mol.